The Kier molecular flexibility index (Phi) is 5.07. The van der Waals surface area contributed by atoms with Crippen LogP contribution < -0.4 is 16.0 Å². The van der Waals surface area contributed by atoms with Crippen LogP contribution in [0.15, 0.2) is 12.1 Å². The fraction of sp³-hybridized carbons (Fsp3) is 0.600. The fourth-order valence-electron chi connectivity index (χ4n) is 5.80. The van der Waals surface area contributed by atoms with Crippen LogP contribution in [-0.4, -0.2) is 30.4 Å². The third kappa shape index (κ3) is 3.87. The van der Waals surface area contributed by atoms with Crippen LogP contribution in [0.2, 0.25) is 0 Å². The van der Waals surface area contributed by atoms with Gasteiger partial charge >= 0.3 is 0 Å². The predicted molar refractivity (Wildman–Crippen MR) is 95.7 cm³/mol. The van der Waals surface area contributed by atoms with Crippen LogP contribution in [0.1, 0.15) is 38.5 Å². The minimum absolute atomic E-state index is 0.170. The molecule has 152 valence electrons. The van der Waals surface area contributed by atoms with Gasteiger partial charge in [0, 0.05) is 19.3 Å². The highest BCUT2D eigenvalue weighted by atomic mass is 19.2. The Hall–Kier alpha value is -2.09. The number of carbonyl (C=O) groups excluding carboxylic acids is 2. The minimum Gasteiger partial charge on any atom is -0.342 e. The van der Waals surface area contributed by atoms with E-state index in [1.807, 2.05) is 0 Å². The highest BCUT2D eigenvalue weighted by molar-refractivity contribution is 5.94. The van der Waals surface area contributed by atoms with E-state index in [9.17, 15) is 22.8 Å². The van der Waals surface area contributed by atoms with E-state index in [-0.39, 0.29) is 24.5 Å². The van der Waals surface area contributed by atoms with Crippen LogP contribution in [0.5, 0.6) is 0 Å². The van der Waals surface area contributed by atoms with E-state index in [0.717, 1.165) is 29.9 Å². The number of carbonyl (C=O) groups is 2. The Balaban J connectivity index is 1.24. The minimum atomic E-state index is -1.65. The largest absolute Gasteiger partial charge is 0.342 e. The number of quaternary nitrogens is 1. The van der Waals surface area contributed by atoms with Crippen molar-refractivity contribution in [3.8, 4) is 0 Å². The van der Waals surface area contributed by atoms with Gasteiger partial charge in [-0.1, -0.05) is 0 Å². The van der Waals surface area contributed by atoms with Crippen molar-refractivity contribution in [2.24, 2.45) is 17.8 Å². The number of anilines is 1. The van der Waals surface area contributed by atoms with E-state index in [0.29, 0.717) is 0 Å². The molecule has 4 N–H and O–H groups in total. The molecule has 1 aromatic rings. The normalized spacial score (nSPS) is 30.3. The summed E-state index contributed by atoms with van der Waals surface area (Å²) in [5.74, 6) is -3.03. The maximum absolute atomic E-state index is 13.6. The second-order valence-electron chi connectivity index (χ2n) is 8.74. The molecule has 0 heterocycles. The molecule has 0 aliphatic heterocycles. The molecule has 8 heteroatoms. The van der Waals surface area contributed by atoms with Gasteiger partial charge in [0.1, 0.15) is 0 Å². The highest BCUT2D eigenvalue weighted by Crippen LogP contribution is 2.54. The Morgan fingerprint density at radius 2 is 1.57 bits per heavy atom. The summed E-state index contributed by atoms with van der Waals surface area (Å²) >= 11 is 0. The van der Waals surface area contributed by atoms with E-state index < -0.39 is 29.0 Å². The van der Waals surface area contributed by atoms with Crippen molar-refractivity contribution in [3.63, 3.8) is 0 Å². The number of nitrogens with two attached hydrogens (primary N) is 1. The fourth-order valence-corrected chi connectivity index (χ4v) is 5.80. The lowest BCUT2D eigenvalue weighted by atomic mass is 9.53. The lowest BCUT2D eigenvalue weighted by molar-refractivity contribution is -0.730. The summed E-state index contributed by atoms with van der Waals surface area (Å²) in [6.45, 7) is -0.106. The number of rotatable bonds is 6. The molecule has 4 bridgehead atoms. The van der Waals surface area contributed by atoms with Crippen molar-refractivity contribution in [3.05, 3.63) is 29.6 Å². The molecule has 5 rings (SSSR count). The Labute approximate surface area is 161 Å². The first-order valence-corrected chi connectivity index (χ1v) is 9.88. The third-order valence-corrected chi connectivity index (χ3v) is 6.56. The van der Waals surface area contributed by atoms with Gasteiger partial charge in [0.25, 0.3) is 5.91 Å². The van der Waals surface area contributed by atoms with E-state index in [1.54, 1.807) is 0 Å². The van der Waals surface area contributed by atoms with Crippen molar-refractivity contribution in [2.75, 3.05) is 18.4 Å². The van der Waals surface area contributed by atoms with Gasteiger partial charge in [0.15, 0.2) is 24.0 Å². The van der Waals surface area contributed by atoms with Gasteiger partial charge in [-0.15, -0.1) is 0 Å². The number of hydrogen-bond donors (Lipinski definition) is 3. The zero-order chi connectivity index (χ0) is 19.9. The predicted octanol–water partition coefficient (Wildman–Crippen LogP) is 1.69. The molecule has 2 amide bonds. The maximum Gasteiger partial charge on any atom is 0.275 e. The van der Waals surface area contributed by atoms with Gasteiger partial charge in [-0.3, -0.25) is 9.59 Å². The molecule has 0 saturated heterocycles. The average Bonchev–Trinajstić information content (AvgIpc) is 2.64. The van der Waals surface area contributed by atoms with Crippen molar-refractivity contribution in [1.29, 1.82) is 0 Å². The molecule has 0 aromatic heterocycles. The first kappa shape index (κ1) is 19.2. The average molecular weight is 396 g/mol. The van der Waals surface area contributed by atoms with E-state index in [1.165, 1.54) is 38.5 Å². The standard InChI is InChI=1S/C20H24F3N3O2/c21-14-1-2-15(19(23)18(14)22)26-17(28)9-24-16(27)10-25-20-6-11-3-12(7-20)5-13(4-11)8-20/h1-2,11-13,25H,3-10H2,(H,24,27)(H,26,28)/p+1. The van der Waals surface area contributed by atoms with Crippen LogP contribution in [0.4, 0.5) is 18.9 Å². The second kappa shape index (κ2) is 7.39. The second-order valence-corrected chi connectivity index (χ2v) is 8.74. The summed E-state index contributed by atoms with van der Waals surface area (Å²) in [5, 5.41) is 6.79. The SMILES string of the molecule is O=C(C[NH2+]C12CC3CC(CC(C3)C1)C2)NCC(=O)Nc1ccc(F)c(F)c1F. The summed E-state index contributed by atoms with van der Waals surface area (Å²) in [6.07, 6.45) is 7.51. The van der Waals surface area contributed by atoms with Crippen LogP contribution in [0.25, 0.3) is 0 Å². The Morgan fingerprint density at radius 3 is 2.18 bits per heavy atom. The molecule has 0 atom stereocenters. The first-order chi connectivity index (χ1) is 13.3. The maximum atomic E-state index is 13.6. The van der Waals surface area contributed by atoms with Gasteiger partial charge in [0.2, 0.25) is 5.91 Å². The monoisotopic (exact) mass is 396 g/mol. The van der Waals surface area contributed by atoms with Crippen LogP contribution in [-0.2, 0) is 9.59 Å². The lowest BCUT2D eigenvalue weighted by Crippen LogP contribution is -3.00. The number of benzene rings is 1. The number of amides is 2. The van der Waals surface area contributed by atoms with Crippen molar-refractivity contribution >= 4 is 17.5 Å². The van der Waals surface area contributed by atoms with Crippen molar-refractivity contribution in [2.45, 2.75) is 44.1 Å². The number of nitrogens with one attached hydrogen (secondary N) is 2. The molecular weight excluding hydrogens is 371 g/mol. The smallest absolute Gasteiger partial charge is 0.275 e. The van der Waals surface area contributed by atoms with Crippen molar-refractivity contribution in [1.82, 2.24) is 5.32 Å². The molecule has 0 radical (unpaired) electrons. The molecule has 1 aromatic carbocycles. The number of hydrogen-bond acceptors (Lipinski definition) is 2. The lowest BCUT2D eigenvalue weighted by Gasteiger charge is -2.54. The quantitative estimate of drug-likeness (QED) is 0.641. The van der Waals surface area contributed by atoms with E-state index in [4.69, 9.17) is 0 Å². The zero-order valence-corrected chi connectivity index (χ0v) is 15.6. The summed E-state index contributed by atoms with van der Waals surface area (Å²) in [5.41, 5.74) is -0.290. The number of halogens is 3. The van der Waals surface area contributed by atoms with Crippen LogP contribution in [0.3, 0.4) is 0 Å². The molecule has 4 fully saturated rings. The molecular formula is C20H25F3N3O2+. The Morgan fingerprint density at radius 1 is 0.964 bits per heavy atom. The summed E-state index contributed by atoms with van der Waals surface area (Å²) in [7, 11) is 0. The topological polar surface area (TPSA) is 74.8 Å². The van der Waals surface area contributed by atoms with Gasteiger partial charge in [-0.2, -0.15) is 0 Å². The molecule has 4 saturated carbocycles. The Bertz CT molecular complexity index is 764. The van der Waals surface area contributed by atoms with E-state index in [2.05, 4.69) is 16.0 Å². The van der Waals surface area contributed by atoms with Crippen molar-refractivity contribution < 1.29 is 28.1 Å². The molecule has 28 heavy (non-hydrogen) atoms. The zero-order valence-electron chi connectivity index (χ0n) is 15.6. The molecule has 0 spiro atoms. The van der Waals surface area contributed by atoms with Gasteiger partial charge < -0.3 is 16.0 Å². The van der Waals surface area contributed by atoms with Crippen LogP contribution in [0, 0.1) is 35.2 Å². The summed E-state index contributed by atoms with van der Waals surface area (Å²) in [4.78, 5) is 24.0. The molecule has 0 unspecified atom stereocenters. The molecule has 4 aliphatic rings. The van der Waals surface area contributed by atoms with E-state index >= 15 is 0 Å². The first-order valence-electron chi connectivity index (χ1n) is 9.88. The summed E-state index contributed by atoms with van der Waals surface area (Å²) < 4.78 is 39.7. The van der Waals surface area contributed by atoms with Gasteiger partial charge in [0.05, 0.1) is 17.8 Å². The third-order valence-electron chi connectivity index (χ3n) is 6.56. The summed E-state index contributed by atoms with van der Waals surface area (Å²) in [6, 6.07) is 1.67. The highest BCUT2D eigenvalue weighted by Gasteiger charge is 2.53. The van der Waals surface area contributed by atoms with Gasteiger partial charge in [-0.25, -0.2) is 13.2 Å². The van der Waals surface area contributed by atoms with Crippen LogP contribution >= 0.6 is 0 Å². The molecule has 4 aliphatic carbocycles. The van der Waals surface area contributed by atoms with Gasteiger partial charge in [-0.05, 0) is 49.1 Å². The molecule has 5 nitrogen and oxygen atoms in total.